The zero-order chi connectivity index (χ0) is 11.7. The van der Waals surface area contributed by atoms with Crippen LogP contribution in [0.2, 0.25) is 0 Å². The Morgan fingerprint density at radius 3 is 2.71 bits per heavy atom. The van der Waals surface area contributed by atoms with Gasteiger partial charge in [-0.1, -0.05) is 12.8 Å². The van der Waals surface area contributed by atoms with Gasteiger partial charge in [-0.25, -0.2) is 0 Å². The molecule has 2 aliphatic heterocycles. The standard InChI is InChI=1S/C14H26N2O/c17-11-14(6-1-2-7-14)10-15-12-5-9-16-8-3-4-13(12)16/h12-13,15,17H,1-11H2. The third-order valence-electron chi connectivity index (χ3n) is 5.34. The second-order valence-corrected chi connectivity index (χ2v) is 6.39. The Kier molecular flexibility index (Phi) is 3.42. The lowest BCUT2D eigenvalue weighted by molar-refractivity contribution is 0.122. The van der Waals surface area contributed by atoms with Gasteiger partial charge in [0, 0.05) is 37.2 Å². The molecule has 2 heterocycles. The summed E-state index contributed by atoms with van der Waals surface area (Å²) in [7, 11) is 0. The number of aliphatic hydroxyl groups is 1. The molecule has 3 heteroatoms. The van der Waals surface area contributed by atoms with Crippen LogP contribution in [0.5, 0.6) is 0 Å². The van der Waals surface area contributed by atoms with Crippen molar-refractivity contribution in [2.75, 3.05) is 26.2 Å². The number of aliphatic hydroxyl groups excluding tert-OH is 1. The first-order chi connectivity index (χ1) is 8.33. The van der Waals surface area contributed by atoms with Crippen molar-refractivity contribution in [1.29, 1.82) is 0 Å². The maximum atomic E-state index is 9.63. The number of nitrogens with zero attached hydrogens (tertiary/aromatic N) is 1. The molecule has 0 bridgehead atoms. The summed E-state index contributed by atoms with van der Waals surface area (Å²) in [6.45, 7) is 4.02. The van der Waals surface area contributed by atoms with E-state index >= 15 is 0 Å². The average Bonchev–Trinajstić information content (AvgIpc) is 3.04. The van der Waals surface area contributed by atoms with E-state index in [1.165, 1.54) is 58.0 Å². The van der Waals surface area contributed by atoms with Gasteiger partial charge >= 0.3 is 0 Å². The quantitative estimate of drug-likeness (QED) is 0.776. The smallest absolute Gasteiger partial charge is 0.0499 e. The SMILES string of the molecule is OCC1(CNC2CCN3CCCC23)CCCC1. The Labute approximate surface area is 105 Å². The van der Waals surface area contributed by atoms with Gasteiger partial charge in [0.15, 0.2) is 0 Å². The highest BCUT2D eigenvalue weighted by atomic mass is 16.3. The predicted octanol–water partition coefficient (Wildman–Crippen LogP) is 1.37. The van der Waals surface area contributed by atoms with E-state index in [1.807, 2.05) is 0 Å². The van der Waals surface area contributed by atoms with Crippen LogP contribution < -0.4 is 5.32 Å². The molecule has 98 valence electrons. The molecule has 2 atom stereocenters. The van der Waals surface area contributed by atoms with Crippen LogP contribution in [0.3, 0.4) is 0 Å². The third-order valence-corrected chi connectivity index (χ3v) is 5.34. The van der Waals surface area contributed by atoms with Crippen LogP contribution in [0, 0.1) is 5.41 Å². The van der Waals surface area contributed by atoms with Gasteiger partial charge in [-0.15, -0.1) is 0 Å². The molecule has 0 aromatic carbocycles. The molecule has 2 saturated heterocycles. The first-order valence-electron chi connectivity index (χ1n) is 7.41. The lowest BCUT2D eigenvalue weighted by Crippen LogP contribution is -2.45. The molecule has 3 nitrogen and oxygen atoms in total. The molecular weight excluding hydrogens is 212 g/mol. The molecule has 3 aliphatic rings. The third kappa shape index (κ3) is 2.25. The monoisotopic (exact) mass is 238 g/mol. The van der Waals surface area contributed by atoms with Crippen molar-refractivity contribution >= 4 is 0 Å². The van der Waals surface area contributed by atoms with Crippen LogP contribution in [0.4, 0.5) is 0 Å². The van der Waals surface area contributed by atoms with Crippen LogP contribution in [0.15, 0.2) is 0 Å². The van der Waals surface area contributed by atoms with Crippen molar-refractivity contribution < 1.29 is 5.11 Å². The summed E-state index contributed by atoms with van der Waals surface area (Å²) in [6, 6.07) is 1.49. The zero-order valence-corrected chi connectivity index (χ0v) is 10.8. The second kappa shape index (κ2) is 4.87. The zero-order valence-electron chi connectivity index (χ0n) is 10.8. The lowest BCUT2D eigenvalue weighted by atomic mass is 9.86. The van der Waals surface area contributed by atoms with E-state index in [4.69, 9.17) is 0 Å². The Morgan fingerprint density at radius 2 is 1.94 bits per heavy atom. The van der Waals surface area contributed by atoms with Crippen molar-refractivity contribution in [3.8, 4) is 0 Å². The fraction of sp³-hybridized carbons (Fsp3) is 1.00. The van der Waals surface area contributed by atoms with E-state index in [0.29, 0.717) is 12.6 Å². The van der Waals surface area contributed by atoms with Gasteiger partial charge in [0.2, 0.25) is 0 Å². The fourth-order valence-corrected chi connectivity index (χ4v) is 4.18. The highest BCUT2D eigenvalue weighted by molar-refractivity contribution is 4.97. The van der Waals surface area contributed by atoms with Gasteiger partial charge in [0.1, 0.15) is 0 Å². The van der Waals surface area contributed by atoms with E-state index in [2.05, 4.69) is 10.2 Å². The van der Waals surface area contributed by atoms with Crippen molar-refractivity contribution in [3.63, 3.8) is 0 Å². The molecule has 0 aromatic heterocycles. The summed E-state index contributed by atoms with van der Waals surface area (Å²) in [6.07, 6.45) is 9.13. The Balaban J connectivity index is 1.53. The molecule has 2 N–H and O–H groups in total. The summed E-state index contributed by atoms with van der Waals surface area (Å²) in [5.41, 5.74) is 0.214. The molecule has 0 aromatic rings. The number of fused-ring (bicyclic) bond motifs is 1. The summed E-state index contributed by atoms with van der Waals surface area (Å²) in [5, 5.41) is 13.4. The normalized spacial score (nSPS) is 36.5. The predicted molar refractivity (Wildman–Crippen MR) is 69.0 cm³/mol. The van der Waals surface area contributed by atoms with Crippen molar-refractivity contribution in [1.82, 2.24) is 10.2 Å². The van der Waals surface area contributed by atoms with Gasteiger partial charge in [-0.3, -0.25) is 4.90 Å². The Morgan fingerprint density at radius 1 is 1.12 bits per heavy atom. The van der Waals surface area contributed by atoms with E-state index in [1.54, 1.807) is 0 Å². The largest absolute Gasteiger partial charge is 0.396 e. The molecule has 17 heavy (non-hydrogen) atoms. The molecular formula is C14H26N2O. The first kappa shape index (κ1) is 11.9. The van der Waals surface area contributed by atoms with Crippen LogP contribution >= 0.6 is 0 Å². The summed E-state index contributed by atoms with van der Waals surface area (Å²) in [4.78, 5) is 2.65. The lowest BCUT2D eigenvalue weighted by Gasteiger charge is -2.30. The van der Waals surface area contributed by atoms with Crippen molar-refractivity contribution in [3.05, 3.63) is 0 Å². The molecule has 1 aliphatic carbocycles. The van der Waals surface area contributed by atoms with Gasteiger partial charge < -0.3 is 10.4 Å². The highest BCUT2D eigenvalue weighted by Gasteiger charge is 2.39. The fourth-order valence-electron chi connectivity index (χ4n) is 4.18. The maximum Gasteiger partial charge on any atom is 0.0499 e. The number of rotatable bonds is 4. The minimum atomic E-state index is 0.214. The van der Waals surface area contributed by atoms with Crippen LogP contribution in [0.1, 0.15) is 44.9 Å². The van der Waals surface area contributed by atoms with Crippen LogP contribution in [-0.2, 0) is 0 Å². The van der Waals surface area contributed by atoms with E-state index in [9.17, 15) is 5.11 Å². The van der Waals surface area contributed by atoms with Crippen LogP contribution in [-0.4, -0.2) is 48.3 Å². The van der Waals surface area contributed by atoms with Gasteiger partial charge in [-0.05, 0) is 38.6 Å². The number of nitrogens with one attached hydrogen (secondary N) is 1. The summed E-state index contributed by atoms with van der Waals surface area (Å²) in [5.74, 6) is 0. The maximum absolute atomic E-state index is 9.63. The van der Waals surface area contributed by atoms with E-state index in [0.717, 1.165) is 12.6 Å². The van der Waals surface area contributed by atoms with E-state index in [-0.39, 0.29) is 5.41 Å². The average molecular weight is 238 g/mol. The minimum Gasteiger partial charge on any atom is -0.396 e. The summed E-state index contributed by atoms with van der Waals surface area (Å²) >= 11 is 0. The number of hydrogen-bond acceptors (Lipinski definition) is 3. The first-order valence-corrected chi connectivity index (χ1v) is 7.41. The van der Waals surface area contributed by atoms with Gasteiger partial charge in [-0.2, -0.15) is 0 Å². The molecule has 0 spiro atoms. The van der Waals surface area contributed by atoms with Crippen molar-refractivity contribution in [2.45, 2.75) is 57.0 Å². The van der Waals surface area contributed by atoms with Crippen LogP contribution in [0.25, 0.3) is 0 Å². The van der Waals surface area contributed by atoms with Gasteiger partial charge in [0.05, 0.1) is 0 Å². The molecule has 0 amide bonds. The molecule has 3 fully saturated rings. The molecule has 1 saturated carbocycles. The van der Waals surface area contributed by atoms with Gasteiger partial charge in [0.25, 0.3) is 0 Å². The van der Waals surface area contributed by atoms with Crippen molar-refractivity contribution in [2.24, 2.45) is 5.41 Å². The minimum absolute atomic E-state index is 0.214. The molecule has 0 radical (unpaired) electrons. The van der Waals surface area contributed by atoms with E-state index < -0.39 is 0 Å². The Bertz CT molecular complexity index is 263. The second-order valence-electron chi connectivity index (χ2n) is 6.39. The topological polar surface area (TPSA) is 35.5 Å². The number of hydrogen-bond donors (Lipinski definition) is 2. The summed E-state index contributed by atoms with van der Waals surface area (Å²) < 4.78 is 0. The molecule has 3 rings (SSSR count). The Hall–Kier alpha value is -0.120. The molecule has 2 unspecified atom stereocenters. The highest BCUT2D eigenvalue weighted by Crippen LogP contribution is 2.37.